The van der Waals surface area contributed by atoms with Crippen molar-refractivity contribution in [3.63, 3.8) is 0 Å². The predicted molar refractivity (Wildman–Crippen MR) is 117 cm³/mol. The lowest BCUT2D eigenvalue weighted by Gasteiger charge is -2.24. The molecule has 2 amide bonds. The van der Waals surface area contributed by atoms with E-state index in [2.05, 4.69) is 5.32 Å². The number of ether oxygens (including phenoxy) is 1. The summed E-state index contributed by atoms with van der Waals surface area (Å²) < 4.78 is 5.98. The van der Waals surface area contributed by atoms with Crippen LogP contribution in [-0.2, 0) is 11.2 Å². The lowest BCUT2D eigenvalue weighted by Crippen LogP contribution is -2.49. The first-order chi connectivity index (χ1) is 14.7. The Morgan fingerprint density at radius 3 is 2.27 bits per heavy atom. The molecule has 0 aromatic heterocycles. The highest BCUT2D eigenvalue weighted by molar-refractivity contribution is 5.97. The van der Waals surface area contributed by atoms with Gasteiger partial charge in [-0.05, 0) is 68.4 Å². The first-order valence-electron chi connectivity index (χ1n) is 11.1. The summed E-state index contributed by atoms with van der Waals surface area (Å²) in [6.07, 6.45) is 7.48. The van der Waals surface area contributed by atoms with Gasteiger partial charge < -0.3 is 15.0 Å². The maximum Gasteiger partial charge on any atom is 0.251 e. The Bertz CT molecular complexity index is 838. The molecule has 2 aliphatic rings. The molecule has 1 heterocycles. The van der Waals surface area contributed by atoms with Gasteiger partial charge in [-0.3, -0.25) is 9.59 Å². The summed E-state index contributed by atoms with van der Waals surface area (Å²) in [4.78, 5) is 27.8. The maximum absolute atomic E-state index is 13.1. The molecule has 5 heteroatoms. The van der Waals surface area contributed by atoms with Gasteiger partial charge in [0.05, 0.1) is 6.10 Å². The van der Waals surface area contributed by atoms with Crippen LogP contribution in [0.5, 0.6) is 5.75 Å². The molecule has 1 unspecified atom stereocenters. The minimum atomic E-state index is -0.563. The highest BCUT2D eigenvalue weighted by Gasteiger charge is 2.28. The lowest BCUT2D eigenvalue weighted by molar-refractivity contribution is -0.132. The van der Waals surface area contributed by atoms with E-state index >= 15 is 0 Å². The highest BCUT2D eigenvalue weighted by Crippen LogP contribution is 2.24. The molecule has 4 rings (SSSR count). The van der Waals surface area contributed by atoms with Crippen LogP contribution in [0.25, 0.3) is 0 Å². The molecule has 0 radical (unpaired) electrons. The average molecular weight is 407 g/mol. The van der Waals surface area contributed by atoms with Crippen molar-refractivity contribution in [3.05, 3.63) is 65.7 Å². The topological polar surface area (TPSA) is 58.6 Å². The summed E-state index contributed by atoms with van der Waals surface area (Å²) in [7, 11) is 0. The van der Waals surface area contributed by atoms with Crippen molar-refractivity contribution in [1.29, 1.82) is 0 Å². The Labute approximate surface area is 178 Å². The molecule has 1 atom stereocenters. The number of carbonyl (C=O) groups is 2. The first-order valence-corrected chi connectivity index (χ1v) is 11.1. The summed E-state index contributed by atoms with van der Waals surface area (Å²) in [5.74, 6) is 0.578. The molecule has 30 heavy (non-hydrogen) atoms. The van der Waals surface area contributed by atoms with E-state index in [1.807, 2.05) is 47.4 Å². The summed E-state index contributed by atoms with van der Waals surface area (Å²) in [5, 5.41) is 2.98. The normalized spacial score (nSPS) is 17.7. The van der Waals surface area contributed by atoms with E-state index < -0.39 is 6.04 Å². The van der Waals surface area contributed by atoms with E-state index in [4.69, 9.17) is 4.74 Å². The van der Waals surface area contributed by atoms with Gasteiger partial charge in [-0.1, -0.05) is 30.3 Å². The number of nitrogens with zero attached hydrogens (tertiary/aromatic N) is 1. The zero-order valence-electron chi connectivity index (χ0n) is 17.4. The second-order valence-corrected chi connectivity index (χ2v) is 8.30. The van der Waals surface area contributed by atoms with E-state index in [1.54, 1.807) is 12.1 Å². The third-order valence-corrected chi connectivity index (χ3v) is 6.03. The van der Waals surface area contributed by atoms with Crippen molar-refractivity contribution in [2.45, 2.75) is 57.1 Å². The van der Waals surface area contributed by atoms with Crippen molar-refractivity contribution in [3.8, 4) is 5.75 Å². The van der Waals surface area contributed by atoms with E-state index in [-0.39, 0.29) is 17.9 Å². The van der Waals surface area contributed by atoms with Crippen LogP contribution < -0.4 is 10.1 Å². The zero-order chi connectivity index (χ0) is 20.8. The van der Waals surface area contributed by atoms with Crippen LogP contribution in [0.3, 0.4) is 0 Å². The van der Waals surface area contributed by atoms with Crippen molar-refractivity contribution < 1.29 is 14.3 Å². The second-order valence-electron chi connectivity index (χ2n) is 8.30. The van der Waals surface area contributed by atoms with Gasteiger partial charge in [-0.2, -0.15) is 0 Å². The molecule has 0 bridgehead atoms. The Hall–Kier alpha value is -2.82. The molecule has 1 aliphatic heterocycles. The van der Waals surface area contributed by atoms with Gasteiger partial charge in [0, 0.05) is 25.1 Å². The zero-order valence-corrected chi connectivity index (χ0v) is 17.4. The van der Waals surface area contributed by atoms with E-state index in [9.17, 15) is 9.59 Å². The fraction of sp³-hybridized carbons (Fsp3) is 0.440. The van der Waals surface area contributed by atoms with E-state index in [1.165, 1.54) is 12.8 Å². The van der Waals surface area contributed by atoms with Crippen LogP contribution in [0, 0.1) is 0 Å². The number of carbonyl (C=O) groups excluding carboxylic acids is 2. The minimum Gasteiger partial charge on any atom is -0.490 e. The third-order valence-electron chi connectivity index (χ3n) is 6.03. The van der Waals surface area contributed by atoms with Crippen molar-refractivity contribution in [2.75, 3.05) is 13.1 Å². The average Bonchev–Trinajstić information content (AvgIpc) is 3.48. The highest BCUT2D eigenvalue weighted by atomic mass is 16.5. The van der Waals surface area contributed by atoms with Gasteiger partial charge in [0.25, 0.3) is 5.91 Å². The third kappa shape index (κ3) is 5.21. The van der Waals surface area contributed by atoms with E-state index in [0.717, 1.165) is 50.1 Å². The van der Waals surface area contributed by atoms with Crippen LogP contribution >= 0.6 is 0 Å². The Morgan fingerprint density at radius 2 is 1.60 bits per heavy atom. The lowest BCUT2D eigenvalue weighted by atomic mass is 10.0. The molecule has 2 fully saturated rings. The van der Waals surface area contributed by atoms with Crippen LogP contribution in [0.1, 0.15) is 54.4 Å². The predicted octanol–water partition coefficient (Wildman–Crippen LogP) is 3.97. The van der Waals surface area contributed by atoms with Crippen LogP contribution in [0.4, 0.5) is 0 Å². The Balaban J connectivity index is 1.43. The summed E-state index contributed by atoms with van der Waals surface area (Å²) >= 11 is 0. The summed E-state index contributed by atoms with van der Waals surface area (Å²) in [5.41, 5.74) is 1.58. The van der Waals surface area contributed by atoms with Gasteiger partial charge in [0.2, 0.25) is 5.91 Å². The number of likely N-dealkylation sites (tertiary alicyclic amines) is 1. The molecule has 158 valence electrons. The molecule has 1 aliphatic carbocycles. The smallest absolute Gasteiger partial charge is 0.251 e. The molecule has 2 aromatic carbocycles. The molecule has 1 saturated heterocycles. The first kappa shape index (κ1) is 20.5. The van der Waals surface area contributed by atoms with E-state index in [0.29, 0.717) is 12.0 Å². The van der Waals surface area contributed by atoms with Gasteiger partial charge in [0.1, 0.15) is 11.8 Å². The molecular weight excluding hydrogens is 376 g/mol. The standard InChI is InChI=1S/C25H30N2O3/c28-24(20-12-14-22(15-13-20)30-21-10-4-5-11-21)26-23(18-19-8-2-1-3-9-19)25(29)27-16-6-7-17-27/h1-3,8-9,12-15,21,23H,4-7,10-11,16-18H2,(H,26,28). The molecular formula is C25H30N2O3. The molecule has 1 N–H and O–H groups in total. The van der Waals surface area contributed by atoms with Crippen LogP contribution in [0.2, 0.25) is 0 Å². The van der Waals surface area contributed by atoms with Crippen LogP contribution in [-0.4, -0.2) is 41.9 Å². The number of benzene rings is 2. The molecule has 2 aromatic rings. The van der Waals surface area contributed by atoms with Gasteiger partial charge in [-0.15, -0.1) is 0 Å². The second kappa shape index (κ2) is 9.79. The van der Waals surface area contributed by atoms with Crippen molar-refractivity contribution in [1.82, 2.24) is 10.2 Å². The molecule has 0 spiro atoms. The van der Waals surface area contributed by atoms with Crippen molar-refractivity contribution in [2.24, 2.45) is 0 Å². The fourth-order valence-corrected chi connectivity index (χ4v) is 4.33. The number of amides is 2. The Morgan fingerprint density at radius 1 is 0.933 bits per heavy atom. The number of nitrogens with one attached hydrogen (secondary N) is 1. The fourth-order valence-electron chi connectivity index (χ4n) is 4.33. The Kier molecular flexibility index (Phi) is 6.67. The quantitative estimate of drug-likeness (QED) is 0.757. The van der Waals surface area contributed by atoms with Gasteiger partial charge >= 0.3 is 0 Å². The van der Waals surface area contributed by atoms with Gasteiger partial charge in [-0.25, -0.2) is 0 Å². The number of hydrogen-bond acceptors (Lipinski definition) is 3. The van der Waals surface area contributed by atoms with Gasteiger partial charge in [0.15, 0.2) is 0 Å². The summed E-state index contributed by atoms with van der Waals surface area (Å²) in [6.45, 7) is 1.54. The maximum atomic E-state index is 13.1. The monoisotopic (exact) mass is 406 g/mol. The number of rotatable bonds is 7. The minimum absolute atomic E-state index is 0.00545. The van der Waals surface area contributed by atoms with Crippen LogP contribution in [0.15, 0.2) is 54.6 Å². The number of hydrogen-bond donors (Lipinski definition) is 1. The molecule has 1 saturated carbocycles. The largest absolute Gasteiger partial charge is 0.490 e. The van der Waals surface area contributed by atoms with Crippen molar-refractivity contribution >= 4 is 11.8 Å². The molecule has 5 nitrogen and oxygen atoms in total. The SMILES string of the molecule is O=C(NC(Cc1ccccc1)C(=O)N1CCCC1)c1ccc(OC2CCCC2)cc1. The summed E-state index contributed by atoms with van der Waals surface area (Å²) in [6, 6.07) is 16.5.